The van der Waals surface area contributed by atoms with Gasteiger partial charge < -0.3 is 20.3 Å². The minimum absolute atomic E-state index is 0. The first kappa shape index (κ1) is 21.1. The van der Waals surface area contributed by atoms with Gasteiger partial charge in [-0.05, 0) is 49.1 Å². The number of carbonyl (C=O) groups is 1. The lowest BCUT2D eigenvalue weighted by atomic mass is 9.65. The molecule has 1 aromatic heterocycles. The third-order valence-electron chi connectivity index (χ3n) is 7.02. The van der Waals surface area contributed by atoms with Gasteiger partial charge in [0.25, 0.3) is 0 Å². The minimum Gasteiger partial charge on any atom is -0.469 e. The number of H-pyrrole nitrogens is 1. The summed E-state index contributed by atoms with van der Waals surface area (Å²) in [6.07, 6.45) is 3.14. The SMILES string of the molecule is COC(=O)[C@H]1[C@H]2C[C@H]3c4[nH]c5ccccc5c4CCN3C[C@@H]2CC[C@@H]1O.Cl.O. The Morgan fingerprint density at radius 1 is 1.29 bits per heavy atom. The van der Waals surface area contributed by atoms with E-state index in [-0.39, 0.29) is 35.7 Å². The first-order valence-corrected chi connectivity index (χ1v) is 9.76. The number of hydrogen-bond donors (Lipinski definition) is 2. The summed E-state index contributed by atoms with van der Waals surface area (Å²) in [5.74, 6) is 0.0541. The number of halogens is 1. The van der Waals surface area contributed by atoms with Gasteiger partial charge in [0.05, 0.1) is 25.2 Å². The second kappa shape index (κ2) is 8.03. The quantitative estimate of drug-likeness (QED) is 0.707. The van der Waals surface area contributed by atoms with Crippen LogP contribution >= 0.6 is 12.4 Å². The van der Waals surface area contributed by atoms with E-state index in [1.54, 1.807) is 0 Å². The molecule has 3 aliphatic rings. The molecule has 0 bridgehead atoms. The molecule has 0 spiro atoms. The van der Waals surface area contributed by atoms with Crippen LogP contribution in [0.1, 0.15) is 36.6 Å². The van der Waals surface area contributed by atoms with Crippen molar-refractivity contribution in [1.29, 1.82) is 0 Å². The molecule has 6 nitrogen and oxygen atoms in total. The third-order valence-corrected chi connectivity index (χ3v) is 7.02. The van der Waals surface area contributed by atoms with Gasteiger partial charge in [0.15, 0.2) is 0 Å². The molecule has 28 heavy (non-hydrogen) atoms. The van der Waals surface area contributed by atoms with Gasteiger partial charge in [-0.15, -0.1) is 12.4 Å². The monoisotopic (exact) mass is 408 g/mol. The van der Waals surface area contributed by atoms with Gasteiger partial charge in [-0.3, -0.25) is 9.69 Å². The number of esters is 1. The van der Waals surface area contributed by atoms with Crippen molar-refractivity contribution in [3.63, 3.8) is 0 Å². The number of methoxy groups -OCH3 is 1. The van der Waals surface area contributed by atoms with Crippen molar-refractivity contribution >= 4 is 29.3 Å². The maximum absolute atomic E-state index is 12.4. The summed E-state index contributed by atoms with van der Waals surface area (Å²) in [6, 6.07) is 8.83. The van der Waals surface area contributed by atoms with Crippen molar-refractivity contribution < 1.29 is 20.1 Å². The third kappa shape index (κ3) is 3.12. The first-order chi connectivity index (χ1) is 12.7. The van der Waals surface area contributed by atoms with Crippen LogP contribution in [0.5, 0.6) is 0 Å². The van der Waals surface area contributed by atoms with Gasteiger partial charge in [-0.1, -0.05) is 18.2 Å². The summed E-state index contributed by atoms with van der Waals surface area (Å²) < 4.78 is 5.04. The predicted molar refractivity (Wildman–Crippen MR) is 110 cm³/mol. The van der Waals surface area contributed by atoms with E-state index in [2.05, 4.69) is 34.1 Å². The highest BCUT2D eigenvalue weighted by atomic mass is 35.5. The highest BCUT2D eigenvalue weighted by Crippen LogP contribution is 2.49. The first-order valence-electron chi connectivity index (χ1n) is 9.76. The Kier molecular flexibility index (Phi) is 6.05. The maximum Gasteiger partial charge on any atom is 0.311 e. The zero-order chi connectivity index (χ0) is 17.8. The molecule has 0 unspecified atom stereocenters. The lowest BCUT2D eigenvalue weighted by molar-refractivity contribution is -0.160. The number of benzene rings is 1. The highest BCUT2D eigenvalue weighted by Gasteiger charge is 2.49. The molecule has 154 valence electrons. The standard InChI is InChI=1S/C21H26N2O3.ClH.H2O/c1-26-21(25)19-15-10-17-20-14(13-4-2-3-5-16(13)22-20)8-9-23(17)11-12(15)6-7-18(19)24;;/h2-5,12,15,17-19,22,24H,6-11H2,1H3;1H;1H2/t12-,15-,17-,18-,19-;;/m0../s1. The van der Waals surface area contributed by atoms with Crippen LogP contribution < -0.4 is 0 Å². The summed E-state index contributed by atoms with van der Waals surface area (Å²) >= 11 is 0. The molecule has 2 fully saturated rings. The van der Waals surface area contributed by atoms with Crippen LogP contribution in [0.3, 0.4) is 0 Å². The van der Waals surface area contributed by atoms with Crippen molar-refractivity contribution in [2.75, 3.05) is 20.2 Å². The topological polar surface area (TPSA) is 97.1 Å². The molecular weight excluding hydrogens is 380 g/mol. The summed E-state index contributed by atoms with van der Waals surface area (Å²) in [5.41, 5.74) is 3.96. The molecule has 7 heteroatoms. The number of carbonyl (C=O) groups excluding carboxylic acids is 1. The highest BCUT2D eigenvalue weighted by molar-refractivity contribution is 5.85. The lowest BCUT2D eigenvalue weighted by Gasteiger charge is -2.50. The number of nitrogens with zero attached hydrogens (tertiary/aromatic N) is 1. The molecular formula is C21H29ClN2O4. The Morgan fingerprint density at radius 2 is 2.07 bits per heavy atom. The number of aliphatic hydroxyl groups excluding tert-OH is 1. The van der Waals surface area contributed by atoms with E-state index in [1.807, 2.05) is 0 Å². The molecule has 4 N–H and O–H groups in total. The van der Waals surface area contributed by atoms with Gasteiger partial charge >= 0.3 is 5.97 Å². The van der Waals surface area contributed by atoms with Gasteiger partial charge in [0.2, 0.25) is 0 Å². The Morgan fingerprint density at radius 3 is 2.86 bits per heavy atom. The van der Waals surface area contributed by atoms with Crippen LogP contribution in [-0.2, 0) is 16.0 Å². The Bertz CT molecular complexity index is 854. The number of aromatic amines is 1. The molecule has 3 heterocycles. The average molecular weight is 409 g/mol. The fourth-order valence-electron chi connectivity index (χ4n) is 5.80. The molecule has 1 saturated heterocycles. The summed E-state index contributed by atoms with van der Waals surface area (Å²) in [7, 11) is 1.43. The van der Waals surface area contributed by atoms with Gasteiger partial charge in [0, 0.05) is 29.7 Å². The Balaban J connectivity index is 0.00000112. The molecule has 5 rings (SSSR count). The summed E-state index contributed by atoms with van der Waals surface area (Å²) in [4.78, 5) is 18.6. The zero-order valence-electron chi connectivity index (χ0n) is 16.1. The maximum atomic E-state index is 12.4. The number of aliphatic hydroxyl groups is 1. The number of piperidine rings is 1. The molecule has 5 atom stereocenters. The van der Waals surface area contributed by atoms with E-state index < -0.39 is 6.10 Å². The number of rotatable bonds is 1. The fraction of sp³-hybridized carbons (Fsp3) is 0.571. The molecule has 2 aromatic rings. The number of para-hydroxylation sites is 1. The van der Waals surface area contributed by atoms with Crippen LogP contribution in [0.25, 0.3) is 10.9 Å². The van der Waals surface area contributed by atoms with Crippen LogP contribution in [0.2, 0.25) is 0 Å². The van der Waals surface area contributed by atoms with Crippen molar-refractivity contribution in [1.82, 2.24) is 9.88 Å². The normalized spacial score (nSPS) is 31.6. The molecule has 0 amide bonds. The molecule has 2 aliphatic heterocycles. The smallest absolute Gasteiger partial charge is 0.311 e. The second-order valence-corrected chi connectivity index (χ2v) is 8.18. The average Bonchev–Trinajstić information content (AvgIpc) is 3.05. The van der Waals surface area contributed by atoms with Gasteiger partial charge in [0.1, 0.15) is 0 Å². The van der Waals surface area contributed by atoms with Crippen molar-refractivity contribution in [2.45, 2.75) is 37.8 Å². The second-order valence-electron chi connectivity index (χ2n) is 8.18. The van der Waals surface area contributed by atoms with Gasteiger partial charge in [-0.25, -0.2) is 0 Å². The zero-order valence-corrected chi connectivity index (χ0v) is 16.9. The number of hydrogen-bond acceptors (Lipinski definition) is 4. The summed E-state index contributed by atoms with van der Waals surface area (Å²) in [6.45, 7) is 2.10. The van der Waals surface area contributed by atoms with Crippen molar-refractivity contribution in [3.05, 3.63) is 35.5 Å². The van der Waals surface area contributed by atoms with E-state index in [1.165, 1.54) is 29.3 Å². The Hall–Kier alpha value is -1.60. The van der Waals surface area contributed by atoms with Crippen LogP contribution in [-0.4, -0.2) is 52.7 Å². The molecule has 0 radical (unpaired) electrons. The van der Waals surface area contributed by atoms with Crippen molar-refractivity contribution in [3.8, 4) is 0 Å². The van der Waals surface area contributed by atoms with Crippen LogP contribution in [0, 0.1) is 17.8 Å². The minimum atomic E-state index is -0.568. The molecule has 1 saturated carbocycles. The fourth-order valence-corrected chi connectivity index (χ4v) is 5.80. The van der Waals surface area contributed by atoms with E-state index in [9.17, 15) is 9.90 Å². The van der Waals surface area contributed by atoms with E-state index in [0.717, 1.165) is 32.4 Å². The largest absolute Gasteiger partial charge is 0.469 e. The van der Waals surface area contributed by atoms with E-state index in [0.29, 0.717) is 18.4 Å². The molecule has 1 aliphatic carbocycles. The lowest BCUT2D eigenvalue weighted by Crippen LogP contribution is -2.53. The predicted octanol–water partition coefficient (Wildman–Crippen LogP) is 2.24. The van der Waals surface area contributed by atoms with E-state index >= 15 is 0 Å². The number of fused-ring (bicyclic) bond motifs is 6. The van der Waals surface area contributed by atoms with Crippen molar-refractivity contribution in [2.24, 2.45) is 17.8 Å². The Labute approximate surface area is 171 Å². The van der Waals surface area contributed by atoms with Crippen LogP contribution in [0.4, 0.5) is 0 Å². The molecule has 1 aromatic carbocycles. The number of nitrogens with one attached hydrogen (secondary N) is 1. The van der Waals surface area contributed by atoms with Crippen LogP contribution in [0.15, 0.2) is 24.3 Å². The summed E-state index contributed by atoms with van der Waals surface area (Å²) in [5, 5.41) is 11.8. The van der Waals surface area contributed by atoms with Gasteiger partial charge in [-0.2, -0.15) is 0 Å². The van der Waals surface area contributed by atoms with E-state index in [4.69, 9.17) is 4.74 Å². The number of ether oxygens (including phenoxy) is 1. The number of aromatic nitrogens is 1.